The number of benzene rings is 2. The summed E-state index contributed by atoms with van der Waals surface area (Å²) in [5.74, 6) is 0.194. The van der Waals surface area contributed by atoms with Gasteiger partial charge in [0.1, 0.15) is 0 Å². The molecule has 1 atom stereocenters. The van der Waals surface area contributed by atoms with Crippen LogP contribution in [0.1, 0.15) is 31.4 Å². The number of hydrogen-bond donors (Lipinski definition) is 0. The van der Waals surface area contributed by atoms with E-state index in [-0.39, 0.29) is 11.9 Å². The summed E-state index contributed by atoms with van der Waals surface area (Å²) in [4.78, 5) is 14.6. The van der Waals surface area contributed by atoms with Crippen molar-refractivity contribution in [3.05, 3.63) is 71.8 Å². The topological polar surface area (TPSA) is 20.3 Å². The van der Waals surface area contributed by atoms with Gasteiger partial charge < -0.3 is 4.90 Å². The van der Waals surface area contributed by atoms with Crippen molar-refractivity contribution >= 4 is 5.91 Å². The highest BCUT2D eigenvalue weighted by Gasteiger charge is 2.19. The molecule has 0 fully saturated rings. The van der Waals surface area contributed by atoms with E-state index in [1.165, 1.54) is 5.56 Å². The van der Waals surface area contributed by atoms with Crippen LogP contribution < -0.4 is 0 Å². The van der Waals surface area contributed by atoms with Gasteiger partial charge in [0, 0.05) is 12.6 Å². The van der Waals surface area contributed by atoms with Crippen molar-refractivity contribution in [1.82, 2.24) is 4.90 Å². The molecule has 2 heteroatoms. The fraction of sp³-hybridized carbons (Fsp3) is 0.316. The quantitative estimate of drug-likeness (QED) is 0.782. The van der Waals surface area contributed by atoms with Crippen LogP contribution in [0.2, 0.25) is 0 Å². The number of rotatable bonds is 6. The van der Waals surface area contributed by atoms with Crippen molar-refractivity contribution in [2.75, 3.05) is 0 Å². The van der Waals surface area contributed by atoms with Crippen LogP contribution in [0.4, 0.5) is 0 Å². The van der Waals surface area contributed by atoms with Crippen molar-refractivity contribution in [3.63, 3.8) is 0 Å². The molecule has 2 aromatic rings. The predicted molar refractivity (Wildman–Crippen MR) is 86.9 cm³/mol. The molecular weight excluding hydrogens is 258 g/mol. The van der Waals surface area contributed by atoms with E-state index in [1.807, 2.05) is 53.4 Å². The average molecular weight is 281 g/mol. The summed E-state index contributed by atoms with van der Waals surface area (Å²) in [6.07, 6.45) is 1.44. The maximum Gasteiger partial charge on any atom is 0.227 e. The van der Waals surface area contributed by atoms with Gasteiger partial charge in [-0.2, -0.15) is 0 Å². The zero-order chi connectivity index (χ0) is 15.1. The first-order valence-electron chi connectivity index (χ1n) is 7.58. The number of hydrogen-bond acceptors (Lipinski definition) is 1. The highest BCUT2D eigenvalue weighted by atomic mass is 16.2. The number of carbonyl (C=O) groups excluding carboxylic acids is 1. The number of amides is 1. The van der Waals surface area contributed by atoms with Gasteiger partial charge in [-0.05, 0) is 24.5 Å². The first kappa shape index (κ1) is 15.3. The van der Waals surface area contributed by atoms with Crippen LogP contribution in [0.5, 0.6) is 0 Å². The molecule has 2 aromatic carbocycles. The monoisotopic (exact) mass is 281 g/mol. The van der Waals surface area contributed by atoms with Gasteiger partial charge in [0.05, 0.1) is 6.42 Å². The van der Waals surface area contributed by atoms with Gasteiger partial charge >= 0.3 is 0 Å². The number of carbonyl (C=O) groups is 1. The molecule has 0 radical (unpaired) electrons. The fourth-order valence-corrected chi connectivity index (χ4v) is 2.36. The van der Waals surface area contributed by atoms with E-state index in [4.69, 9.17) is 0 Å². The molecule has 2 rings (SSSR count). The maximum absolute atomic E-state index is 12.6. The van der Waals surface area contributed by atoms with E-state index < -0.39 is 0 Å². The number of nitrogens with zero attached hydrogens (tertiary/aromatic N) is 1. The summed E-state index contributed by atoms with van der Waals surface area (Å²) >= 11 is 0. The second-order valence-corrected chi connectivity index (χ2v) is 5.43. The van der Waals surface area contributed by atoms with Crippen molar-refractivity contribution in [3.8, 4) is 0 Å². The Morgan fingerprint density at radius 3 is 2.00 bits per heavy atom. The highest BCUT2D eigenvalue weighted by Crippen LogP contribution is 2.13. The normalized spacial score (nSPS) is 11.9. The standard InChI is InChI=1S/C19H23NO/c1-3-16(2)20(15-18-12-8-5-9-13-18)19(21)14-17-10-6-4-7-11-17/h4-13,16H,3,14-15H2,1-2H3. The van der Waals surface area contributed by atoms with Gasteiger partial charge in [0.25, 0.3) is 0 Å². The molecule has 0 saturated heterocycles. The van der Waals surface area contributed by atoms with Crippen LogP contribution in [-0.2, 0) is 17.8 Å². The Balaban J connectivity index is 2.10. The summed E-state index contributed by atoms with van der Waals surface area (Å²) in [5.41, 5.74) is 2.25. The van der Waals surface area contributed by atoms with Gasteiger partial charge in [0.15, 0.2) is 0 Å². The van der Waals surface area contributed by atoms with Crippen molar-refractivity contribution in [1.29, 1.82) is 0 Å². The molecule has 0 aromatic heterocycles. The molecular formula is C19H23NO. The molecule has 0 heterocycles. The molecule has 0 spiro atoms. The first-order chi connectivity index (χ1) is 10.2. The van der Waals surface area contributed by atoms with E-state index in [0.29, 0.717) is 13.0 Å². The Morgan fingerprint density at radius 2 is 1.48 bits per heavy atom. The predicted octanol–water partition coefficient (Wildman–Crippen LogP) is 4.06. The molecule has 110 valence electrons. The fourth-order valence-electron chi connectivity index (χ4n) is 2.36. The van der Waals surface area contributed by atoms with E-state index in [2.05, 4.69) is 26.0 Å². The molecule has 1 unspecified atom stereocenters. The molecule has 0 aliphatic heterocycles. The molecule has 0 saturated carbocycles. The lowest BCUT2D eigenvalue weighted by Gasteiger charge is -2.29. The minimum absolute atomic E-state index is 0.194. The molecule has 21 heavy (non-hydrogen) atoms. The van der Waals surface area contributed by atoms with E-state index >= 15 is 0 Å². The smallest absolute Gasteiger partial charge is 0.227 e. The molecule has 0 aliphatic rings. The van der Waals surface area contributed by atoms with Crippen molar-refractivity contribution in [2.45, 2.75) is 39.3 Å². The molecule has 1 amide bonds. The second-order valence-electron chi connectivity index (χ2n) is 5.43. The lowest BCUT2D eigenvalue weighted by Crippen LogP contribution is -2.38. The summed E-state index contributed by atoms with van der Waals surface area (Å²) in [6, 6.07) is 20.4. The average Bonchev–Trinajstić information content (AvgIpc) is 2.53. The van der Waals surface area contributed by atoms with Crippen LogP contribution >= 0.6 is 0 Å². The van der Waals surface area contributed by atoms with E-state index in [9.17, 15) is 4.79 Å². The Morgan fingerprint density at radius 1 is 0.952 bits per heavy atom. The lowest BCUT2D eigenvalue weighted by atomic mass is 10.1. The highest BCUT2D eigenvalue weighted by molar-refractivity contribution is 5.79. The van der Waals surface area contributed by atoms with Gasteiger partial charge in [-0.1, -0.05) is 67.6 Å². The molecule has 0 bridgehead atoms. The Hall–Kier alpha value is -2.09. The van der Waals surface area contributed by atoms with Crippen LogP contribution in [0, 0.1) is 0 Å². The summed E-state index contributed by atoms with van der Waals surface area (Å²) in [7, 11) is 0. The molecule has 0 N–H and O–H groups in total. The third-order valence-corrected chi connectivity index (χ3v) is 3.84. The van der Waals surface area contributed by atoms with Crippen LogP contribution in [0.3, 0.4) is 0 Å². The largest absolute Gasteiger partial charge is 0.335 e. The third-order valence-electron chi connectivity index (χ3n) is 3.84. The van der Waals surface area contributed by atoms with Gasteiger partial charge in [-0.3, -0.25) is 4.79 Å². The Labute approximate surface area is 127 Å². The zero-order valence-electron chi connectivity index (χ0n) is 12.8. The van der Waals surface area contributed by atoms with Crippen molar-refractivity contribution < 1.29 is 4.79 Å². The SMILES string of the molecule is CCC(C)N(Cc1ccccc1)C(=O)Cc1ccccc1. The summed E-state index contributed by atoms with van der Waals surface area (Å²) < 4.78 is 0. The zero-order valence-corrected chi connectivity index (χ0v) is 12.8. The van der Waals surface area contributed by atoms with Crippen molar-refractivity contribution in [2.24, 2.45) is 0 Å². The Kier molecular flexibility index (Phi) is 5.56. The van der Waals surface area contributed by atoms with Gasteiger partial charge in [-0.25, -0.2) is 0 Å². The maximum atomic E-state index is 12.6. The van der Waals surface area contributed by atoms with Gasteiger partial charge in [0.2, 0.25) is 5.91 Å². The minimum atomic E-state index is 0.194. The lowest BCUT2D eigenvalue weighted by molar-refractivity contribution is -0.133. The first-order valence-corrected chi connectivity index (χ1v) is 7.58. The third kappa shape index (κ3) is 4.45. The van der Waals surface area contributed by atoms with E-state index in [0.717, 1.165) is 12.0 Å². The minimum Gasteiger partial charge on any atom is -0.335 e. The van der Waals surface area contributed by atoms with E-state index in [1.54, 1.807) is 0 Å². The van der Waals surface area contributed by atoms with Crippen LogP contribution in [-0.4, -0.2) is 16.8 Å². The van der Waals surface area contributed by atoms with Crippen LogP contribution in [0.15, 0.2) is 60.7 Å². The molecule has 0 aliphatic carbocycles. The summed E-state index contributed by atoms with van der Waals surface area (Å²) in [5, 5.41) is 0. The van der Waals surface area contributed by atoms with Crippen LogP contribution in [0.25, 0.3) is 0 Å². The van der Waals surface area contributed by atoms with Gasteiger partial charge in [-0.15, -0.1) is 0 Å². The molecule has 2 nitrogen and oxygen atoms in total. The Bertz CT molecular complexity index is 550. The second kappa shape index (κ2) is 7.63. The summed E-state index contributed by atoms with van der Waals surface area (Å²) in [6.45, 7) is 4.92.